The molecular weight excluding hydrogens is 210 g/mol. The highest BCUT2D eigenvalue weighted by Gasteiger charge is 2.02. The summed E-state index contributed by atoms with van der Waals surface area (Å²) in [5, 5.41) is 8.84. The summed E-state index contributed by atoms with van der Waals surface area (Å²) in [7, 11) is 0. The van der Waals surface area contributed by atoms with E-state index in [1.807, 2.05) is 18.2 Å². The lowest BCUT2D eigenvalue weighted by atomic mass is 10.0. The third kappa shape index (κ3) is 2.82. The van der Waals surface area contributed by atoms with Crippen LogP contribution in [0.15, 0.2) is 42.7 Å². The second-order valence-electron chi connectivity index (χ2n) is 3.88. The fourth-order valence-electron chi connectivity index (χ4n) is 1.72. The predicted molar refractivity (Wildman–Crippen MR) is 67.2 cm³/mol. The number of benzene rings is 1. The third-order valence-corrected chi connectivity index (χ3v) is 2.70. The molecule has 0 saturated heterocycles. The van der Waals surface area contributed by atoms with Gasteiger partial charge in [-0.1, -0.05) is 0 Å². The van der Waals surface area contributed by atoms with E-state index in [0.29, 0.717) is 5.56 Å². The van der Waals surface area contributed by atoms with Gasteiger partial charge < -0.3 is 5.73 Å². The summed E-state index contributed by atoms with van der Waals surface area (Å²) < 4.78 is 0. The van der Waals surface area contributed by atoms with Gasteiger partial charge in [-0.15, -0.1) is 0 Å². The first kappa shape index (κ1) is 11.2. The molecule has 0 unspecified atom stereocenters. The maximum absolute atomic E-state index is 8.84. The first-order valence-electron chi connectivity index (χ1n) is 5.47. The van der Waals surface area contributed by atoms with Crippen LogP contribution in [-0.4, -0.2) is 4.98 Å². The topological polar surface area (TPSA) is 62.7 Å². The maximum atomic E-state index is 8.84. The standard InChI is InChI=1S/C14H13N3/c15-10-12-2-4-14(16)13(9-12)3-1-11-5-7-17-8-6-11/h2,4-9H,1,3,16H2. The van der Waals surface area contributed by atoms with Gasteiger partial charge >= 0.3 is 0 Å². The molecule has 1 aromatic carbocycles. The molecule has 0 radical (unpaired) electrons. The Bertz CT molecular complexity index is 541. The summed E-state index contributed by atoms with van der Waals surface area (Å²) in [6.45, 7) is 0. The van der Waals surface area contributed by atoms with Crippen LogP contribution in [0.2, 0.25) is 0 Å². The fourth-order valence-corrected chi connectivity index (χ4v) is 1.72. The van der Waals surface area contributed by atoms with Crippen molar-refractivity contribution in [1.29, 1.82) is 5.26 Å². The van der Waals surface area contributed by atoms with Crippen LogP contribution in [0.4, 0.5) is 5.69 Å². The monoisotopic (exact) mass is 223 g/mol. The van der Waals surface area contributed by atoms with E-state index >= 15 is 0 Å². The predicted octanol–water partition coefficient (Wildman–Crippen LogP) is 2.32. The molecule has 1 aromatic heterocycles. The van der Waals surface area contributed by atoms with Gasteiger partial charge in [0, 0.05) is 18.1 Å². The SMILES string of the molecule is N#Cc1ccc(N)c(CCc2ccncc2)c1. The normalized spacial score (nSPS) is 9.82. The zero-order valence-electron chi connectivity index (χ0n) is 9.43. The van der Waals surface area contributed by atoms with Gasteiger partial charge in [0.1, 0.15) is 0 Å². The van der Waals surface area contributed by atoms with E-state index in [9.17, 15) is 0 Å². The summed E-state index contributed by atoms with van der Waals surface area (Å²) in [5.41, 5.74) is 9.54. The summed E-state index contributed by atoms with van der Waals surface area (Å²) in [6.07, 6.45) is 5.31. The Morgan fingerprint density at radius 3 is 2.59 bits per heavy atom. The highest BCUT2D eigenvalue weighted by atomic mass is 14.6. The Morgan fingerprint density at radius 2 is 1.88 bits per heavy atom. The summed E-state index contributed by atoms with van der Waals surface area (Å²) in [4.78, 5) is 3.98. The number of anilines is 1. The number of nitrogen functional groups attached to an aromatic ring is 1. The molecule has 2 N–H and O–H groups in total. The molecule has 0 amide bonds. The number of hydrogen-bond donors (Lipinski definition) is 1. The third-order valence-electron chi connectivity index (χ3n) is 2.70. The van der Waals surface area contributed by atoms with Crippen molar-refractivity contribution in [3.05, 3.63) is 59.4 Å². The molecule has 0 spiro atoms. The van der Waals surface area contributed by atoms with E-state index in [4.69, 9.17) is 11.0 Å². The van der Waals surface area contributed by atoms with Crippen LogP contribution in [0.1, 0.15) is 16.7 Å². The molecule has 84 valence electrons. The Morgan fingerprint density at radius 1 is 1.12 bits per heavy atom. The second kappa shape index (κ2) is 5.13. The van der Waals surface area contributed by atoms with Crippen molar-refractivity contribution in [1.82, 2.24) is 4.98 Å². The molecule has 0 saturated carbocycles. The Labute approximate surface area is 101 Å². The van der Waals surface area contributed by atoms with Gasteiger partial charge in [-0.25, -0.2) is 0 Å². The number of aromatic nitrogens is 1. The van der Waals surface area contributed by atoms with Crippen molar-refractivity contribution in [2.24, 2.45) is 0 Å². The smallest absolute Gasteiger partial charge is 0.0991 e. The first-order valence-corrected chi connectivity index (χ1v) is 5.47. The Balaban J connectivity index is 2.12. The average Bonchev–Trinajstić information content (AvgIpc) is 2.39. The molecule has 3 heteroatoms. The van der Waals surface area contributed by atoms with Crippen LogP contribution in [0.3, 0.4) is 0 Å². The van der Waals surface area contributed by atoms with Gasteiger partial charge in [-0.05, 0) is 54.3 Å². The number of nitrogens with zero attached hydrogens (tertiary/aromatic N) is 2. The van der Waals surface area contributed by atoms with Crippen molar-refractivity contribution < 1.29 is 0 Å². The lowest BCUT2D eigenvalue weighted by molar-refractivity contribution is 0.957. The minimum Gasteiger partial charge on any atom is -0.399 e. The van der Waals surface area contributed by atoms with Crippen molar-refractivity contribution in [3.8, 4) is 6.07 Å². The lowest BCUT2D eigenvalue weighted by Crippen LogP contribution is -1.98. The molecule has 2 aromatic rings. The van der Waals surface area contributed by atoms with Crippen LogP contribution in [0, 0.1) is 11.3 Å². The zero-order chi connectivity index (χ0) is 12.1. The van der Waals surface area contributed by atoms with Crippen LogP contribution in [0.5, 0.6) is 0 Å². The molecule has 0 fully saturated rings. The van der Waals surface area contributed by atoms with Gasteiger partial charge in [0.2, 0.25) is 0 Å². The van der Waals surface area contributed by atoms with Crippen LogP contribution >= 0.6 is 0 Å². The van der Waals surface area contributed by atoms with E-state index < -0.39 is 0 Å². The van der Waals surface area contributed by atoms with E-state index in [0.717, 1.165) is 24.1 Å². The van der Waals surface area contributed by atoms with Crippen molar-refractivity contribution in [3.63, 3.8) is 0 Å². The van der Waals surface area contributed by atoms with Gasteiger partial charge in [0.25, 0.3) is 0 Å². The molecular formula is C14H13N3. The van der Waals surface area contributed by atoms with Gasteiger partial charge in [0.05, 0.1) is 11.6 Å². The molecule has 0 aliphatic carbocycles. The van der Waals surface area contributed by atoms with Crippen molar-refractivity contribution in [2.45, 2.75) is 12.8 Å². The average molecular weight is 223 g/mol. The molecule has 3 nitrogen and oxygen atoms in total. The van der Waals surface area contributed by atoms with Crippen molar-refractivity contribution in [2.75, 3.05) is 5.73 Å². The van der Waals surface area contributed by atoms with Crippen LogP contribution < -0.4 is 5.73 Å². The molecule has 0 atom stereocenters. The van der Waals surface area contributed by atoms with Gasteiger partial charge in [-0.3, -0.25) is 4.98 Å². The number of aryl methyl sites for hydroxylation is 2. The molecule has 0 aliphatic rings. The van der Waals surface area contributed by atoms with E-state index in [1.165, 1.54) is 5.56 Å². The lowest BCUT2D eigenvalue weighted by Gasteiger charge is -2.06. The van der Waals surface area contributed by atoms with Gasteiger partial charge in [-0.2, -0.15) is 5.26 Å². The first-order chi connectivity index (χ1) is 8.29. The highest BCUT2D eigenvalue weighted by Crippen LogP contribution is 2.16. The second-order valence-corrected chi connectivity index (χ2v) is 3.88. The number of hydrogen-bond acceptors (Lipinski definition) is 3. The molecule has 2 rings (SSSR count). The molecule has 0 bridgehead atoms. The molecule has 1 heterocycles. The summed E-state index contributed by atoms with van der Waals surface area (Å²) in [6, 6.07) is 11.5. The quantitative estimate of drug-likeness (QED) is 0.812. The van der Waals surface area contributed by atoms with E-state index in [1.54, 1.807) is 24.5 Å². The minimum absolute atomic E-state index is 0.656. The largest absolute Gasteiger partial charge is 0.399 e. The maximum Gasteiger partial charge on any atom is 0.0991 e. The highest BCUT2D eigenvalue weighted by molar-refractivity contribution is 5.51. The van der Waals surface area contributed by atoms with E-state index in [-0.39, 0.29) is 0 Å². The summed E-state index contributed by atoms with van der Waals surface area (Å²) in [5.74, 6) is 0. The number of nitriles is 1. The number of nitrogens with two attached hydrogens (primary N) is 1. The number of rotatable bonds is 3. The van der Waals surface area contributed by atoms with Crippen LogP contribution in [-0.2, 0) is 12.8 Å². The molecule has 17 heavy (non-hydrogen) atoms. The zero-order valence-corrected chi connectivity index (χ0v) is 9.43. The Hall–Kier alpha value is -2.34. The van der Waals surface area contributed by atoms with E-state index in [2.05, 4.69) is 11.1 Å². The number of pyridine rings is 1. The van der Waals surface area contributed by atoms with Gasteiger partial charge in [0.15, 0.2) is 0 Å². The fraction of sp³-hybridized carbons (Fsp3) is 0.143. The Kier molecular flexibility index (Phi) is 3.37. The van der Waals surface area contributed by atoms with Crippen molar-refractivity contribution >= 4 is 5.69 Å². The summed E-state index contributed by atoms with van der Waals surface area (Å²) >= 11 is 0. The minimum atomic E-state index is 0.656. The van der Waals surface area contributed by atoms with Crippen LogP contribution in [0.25, 0.3) is 0 Å². The molecule has 0 aliphatic heterocycles.